The van der Waals surface area contributed by atoms with Gasteiger partial charge in [-0.15, -0.1) is 0 Å². The van der Waals surface area contributed by atoms with E-state index in [1.807, 2.05) is 0 Å². The Morgan fingerprint density at radius 2 is 2.33 bits per heavy atom. The third-order valence-corrected chi connectivity index (χ3v) is 3.17. The summed E-state index contributed by atoms with van der Waals surface area (Å²) >= 11 is 0. The maximum Gasteiger partial charge on any atom is 0.309 e. The average molecular weight is 168 g/mol. The van der Waals surface area contributed by atoms with Gasteiger partial charge < -0.3 is 4.74 Å². The summed E-state index contributed by atoms with van der Waals surface area (Å²) in [6.45, 7) is 5.18. The second-order valence-corrected chi connectivity index (χ2v) is 4.53. The van der Waals surface area contributed by atoms with Crippen molar-refractivity contribution in [2.45, 2.75) is 26.7 Å². The lowest BCUT2D eigenvalue weighted by molar-refractivity contribution is -0.142. The normalized spacial score (nSPS) is 39.2. The Labute approximate surface area is 73.3 Å². The van der Waals surface area contributed by atoms with E-state index in [0.29, 0.717) is 12.5 Å². The van der Waals surface area contributed by atoms with E-state index in [1.165, 1.54) is 6.42 Å². The van der Waals surface area contributed by atoms with Gasteiger partial charge in [-0.05, 0) is 24.7 Å². The van der Waals surface area contributed by atoms with Crippen LogP contribution in [0.25, 0.3) is 0 Å². The molecule has 0 amide bonds. The van der Waals surface area contributed by atoms with Crippen LogP contribution >= 0.6 is 0 Å². The molecular weight excluding hydrogens is 152 g/mol. The van der Waals surface area contributed by atoms with Gasteiger partial charge in [-0.2, -0.15) is 0 Å². The van der Waals surface area contributed by atoms with Crippen LogP contribution in [0.2, 0.25) is 0 Å². The van der Waals surface area contributed by atoms with Crippen LogP contribution in [0.5, 0.6) is 0 Å². The fourth-order valence-corrected chi connectivity index (χ4v) is 2.49. The van der Waals surface area contributed by atoms with Crippen molar-refractivity contribution in [3.8, 4) is 0 Å². The average Bonchev–Trinajstić information content (AvgIpc) is 2.22. The zero-order valence-corrected chi connectivity index (χ0v) is 7.75. The summed E-state index contributed by atoms with van der Waals surface area (Å²) in [6.07, 6.45) is 2.35. The predicted molar refractivity (Wildman–Crippen MR) is 45.5 cm³/mol. The van der Waals surface area contributed by atoms with E-state index in [4.69, 9.17) is 4.74 Å². The number of carbonyl (C=O) groups is 1. The first-order chi connectivity index (χ1) is 5.68. The fraction of sp³-hybridized carbons (Fsp3) is 0.900. The van der Waals surface area contributed by atoms with Crippen molar-refractivity contribution < 1.29 is 9.53 Å². The molecule has 2 aliphatic rings. The monoisotopic (exact) mass is 168 g/mol. The second kappa shape index (κ2) is 2.75. The van der Waals surface area contributed by atoms with E-state index >= 15 is 0 Å². The number of fused-ring (bicyclic) bond motifs is 1. The Bertz CT molecular complexity index is 198. The van der Waals surface area contributed by atoms with Gasteiger partial charge in [-0.25, -0.2) is 0 Å². The smallest absolute Gasteiger partial charge is 0.309 e. The lowest BCUT2D eigenvalue weighted by atomic mass is 9.64. The summed E-state index contributed by atoms with van der Waals surface area (Å²) in [7, 11) is 0. The van der Waals surface area contributed by atoms with Crippen LogP contribution in [-0.4, -0.2) is 12.6 Å². The van der Waals surface area contributed by atoms with Gasteiger partial charge >= 0.3 is 5.97 Å². The van der Waals surface area contributed by atoms with Gasteiger partial charge in [-0.3, -0.25) is 4.79 Å². The molecule has 0 aromatic carbocycles. The van der Waals surface area contributed by atoms with E-state index in [0.717, 1.165) is 18.3 Å². The molecule has 2 heteroatoms. The van der Waals surface area contributed by atoms with Crippen molar-refractivity contribution in [1.29, 1.82) is 0 Å². The summed E-state index contributed by atoms with van der Waals surface area (Å²) < 4.78 is 5.01. The Kier molecular flexibility index (Phi) is 1.85. The minimum absolute atomic E-state index is 0.0556. The molecule has 68 valence electrons. The first kappa shape index (κ1) is 8.09. The maximum atomic E-state index is 11.0. The number of rotatable bonds is 2. The van der Waals surface area contributed by atoms with Gasteiger partial charge in [0.25, 0.3) is 0 Å². The molecule has 0 N–H and O–H groups in total. The largest absolute Gasteiger partial charge is 0.465 e. The van der Waals surface area contributed by atoms with Crippen LogP contribution in [0.1, 0.15) is 26.7 Å². The van der Waals surface area contributed by atoms with E-state index in [9.17, 15) is 4.79 Å². The molecule has 1 heterocycles. The van der Waals surface area contributed by atoms with Crippen molar-refractivity contribution in [2.75, 3.05) is 6.61 Å². The number of carbonyl (C=O) groups excluding carboxylic acids is 1. The van der Waals surface area contributed by atoms with Crippen LogP contribution in [0.4, 0.5) is 0 Å². The molecule has 0 aromatic rings. The third-order valence-electron chi connectivity index (χ3n) is 3.17. The van der Waals surface area contributed by atoms with Crippen molar-refractivity contribution in [3.05, 3.63) is 0 Å². The highest BCUT2D eigenvalue weighted by molar-refractivity contribution is 5.76. The van der Waals surface area contributed by atoms with Crippen LogP contribution in [-0.2, 0) is 9.53 Å². The van der Waals surface area contributed by atoms with Gasteiger partial charge in [0.05, 0.1) is 12.5 Å². The zero-order valence-electron chi connectivity index (χ0n) is 7.75. The van der Waals surface area contributed by atoms with Crippen LogP contribution in [0.3, 0.4) is 0 Å². The lowest BCUT2D eigenvalue weighted by Crippen LogP contribution is -2.37. The highest BCUT2D eigenvalue weighted by atomic mass is 16.5. The second-order valence-electron chi connectivity index (χ2n) is 4.53. The first-order valence-electron chi connectivity index (χ1n) is 4.85. The predicted octanol–water partition coefficient (Wildman–Crippen LogP) is 1.84. The van der Waals surface area contributed by atoms with Gasteiger partial charge in [-0.1, -0.05) is 13.8 Å². The molecule has 12 heavy (non-hydrogen) atoms. The molecule has 1 saturated carbocycles. The first-order valence-corrected chi connectivity index (χ1v) is 4.85. The molecule has 2 fully saturated rings. The molecule has 0 spiro atoms. The topological polar surface area (TPSA) is 26.3 Å². The standard InChI is InChI=1S/C10H16O2/c1-6(2)3-7-4-8-9(7)5-12-10(8)11/h6-9H,3-5H2,1-2H3/t7?,8-,9+/m0/s1. The molecule has 2 rings (SSSR count). The quantitative estimate of drug-likeness (QED) is 0.588. The minimum Gasteiger partial charge on any atom is -0.465 e. The SMILES string of the molecule is CC(C)CC1C[C@@H]2C(=O)OC[C@H]12. The Hall–Kier alpha value is -0.530. The molecular formula is C10H16O2. The Balaban J connectivity index is 1.88. The van der Waals surface area contributed by atoms with Gasteiger partial charge in [0.2, 0.25) is 0 Å². The van der Waals surface area contributed by atoms with Gasteiger partial charge in [0.1, 0.15) is 0 Å². The van der Waals surface area contributed by atoms with E-state index < -0.39 is 0 Å². The van der Waals surface area contributed by atoms with E-state index in [-0.39, 0.29) is 11.9 Å². The Morgan fingerprint density at radius 3 is 2.92 bits per heavy atom. The van der Waals surface area contributed by atoms with Crippen molar-refractivity contribution >= 4 is 5.97 Å². The molecule has 1 aliphatic heterocycles. The van der Waals surface area contributed by atoms with Crippen LogP contribution in [0, 0.1) is 23.7 Å². The molecule has 0 aromatic heterocycles. The summed E-state index contributed by atoms with van der Waals surface area (Å²) in [6, 6.07) is 0. The number of cyclic esters (lactones) is 1. The van der Waals surface area contributed by atoms with Gasteiger partial charge in [0.15, 0.2) is 0 Å². The highest BCUT2D eigenvalue weighted by Gasteiger charge is 2.50. The zero-order chi connectivity index (χ0) is 8.72. The molecule has 1 aliphatic carbocycles. The fourth-order valence-electron chi connectivity index (χ4n) is 2.49. The maximum absolute atomic E-state index is 11.0. The van der Waals surface area contributed by atoms with Crippen LogP contribution in [0.15, 0.2) is 0 Å². The molecule has 1 saturated heterocycles. The highest BCUT2D eigenvalue weighted by Crippen LogP contribution is 2.47. The van der Waals surface area contributed by atoms with Crippen molar-refractivity contribution in [1.82, 2.24) is 0 Å². The molecule has 3 atom stereocenters. The summed E-state index contributed by atoms with van der Waals surface area (Å²) in [4.78, 5) is 11.0. The van der Waals surface area contributed by atoms with Crippen LogP contribution < -0.4 is 0 Å². The van der Waals surface area contributed by atoms with E-state index in [2.05, 4.69) is 13.8 Å². The number of esters is 1. The van der Waals surface area contributed by atoms with Crippen molar-refractivity contribution in [2.24, 2.45) is 23.7 Å². The van der Waals surface area contributed by atoms with E-state index in [1.54, 1.807) is 0 Å². The molecule has 0 radical (unpaired) electrons. The summed E-state index contributed by atoms with van der Waals surface area (Å²) in [5, 5.41) is 0. The summed E-state index contributed by atoms with van der Waals surface area (Å²) in [5.41, 5.74) is 0. The van der Waals surface area contributed by atoms with Crippen molar-refractivity contribution in [3.63, 3.8) is 0 Å². The lowest BCUT2D eigenvalue weighted by Gasteiger charge is -2.37. The summed E-state index contributed by atoms with van der Waals surface area (Å²) in [5.74, 6) is 2.42. The minimum atomic E-state index is 0.0556. The van der Waals surface area contributed by atoms with Gasteiger partial charge in [0, 0.05) is 5.92 Å². The number of hydrogen-bond acceptors (Lipinski definition) is 2. The number of ether oxygens (including phenoxy) is 1. The molecule has 1 unspecified atom stereocenters. The third kappa shape index (κ3) is 1.13. The number of hydrogen-bond donors (Lipinski definition) is 0. The molecule has 0 bridgehead atoms. The molecule has 2 nitrogen and oxygen atoms in total. The Morgan fingerprint density at radius 1 is 1.58 bits per heavy atom.